The van der Waals surface area contributed by atoms with Gasteiger partial charge in [-0.15, -0.1) is 0 Å². The Hall–Kier alpha value is -3.37. The van der Waals surface area contributed by atoms with Crippen molar-refractivity contribution in [1.29, 1.82) is 0 Å². The van der Waals surface area contributed by atoms with Gasteiger partial charge in [-0.2, -0.15) is 27.8 Å². The first-order valence-electron chi connectivity index (χ1n) is 7.85. The van der Waals surface area contributed by atoms with E-state index in [1.807, 2.05) is 0 Å². The highest BCUT2D eigenvalue weighted by molar-refractivity contribution is 5.81. The zero-order chi connectivity index (χ0) is 20.5. The average Bonchev–Trinajstić information content (AvgIpc) is 2.87. The van der Waals surface area contributed by atoms with Gasteiger partial charge in [-0.1, -0.05) is 0 Å². The van der Waals surface area contributed by atoms with Crippen LogP contribution in [0.4, 0.5) is 27.9 Å². The van der Waals surface area contributed by atoms with Crippen molar-refractivity contribution < 1.29 is 22.0 Å². The van der Waals surface area contributed by atoms with E-state index in [9.17, 15) is 22.0 Å². The van der Waals surface area contributed by atoms with Crippen LogP contribution in [0, 0.1) is 18.7 Å². The van der Waals surface area contributed by atoms with Crippen LogP contribution in [0.1, 0.15) is 17.0 Å². The molecule has 0 aliphatic rings. The van der Waals surface area contributed by atoms with E-state index in [0.29, 0.717) is 5.69 Å². The third kappa shape index (κ3) is 4.13. The Balaban J connectivity index is 1.94. The summed E-state index contributed by atoms with van der Waals surface area (Å²) in [4.78, 5) is 7.33. The van der Waals surface area contributed by atoms with Crippen LogP contribution in [-0.4, -0.2) is 26.0 Å². The quantitative estimate of drug-likeness (QED) is 0.412. The van der Waals surface area contributed by atoms with Crippen LogP contribution >= 0.6 is 0 Å². The van der Waals surface area contributed by atoms with Crippen LogP contribution in [-0.2, 0) is 13.2 Å². The fourth-order valence-corrected chi connectivity index (χ4v) is 2.36. The molecular weight excluding hydrogens is 383 g/mol. The SMILES string of the molecule is Cc1nn(C)c(F)c1C=NNc1nc(-c2ccc(F)cc2)cc(C(F)(F)F)n1. The minimum Gasteiger partial charge on any atom is -0.245 e. The molecule has 2 heterocycles. The second kappa shape index (κ2) is 7.33. The number of halogens is 5. The molecule has 0 saturated heterocycles. The van der Waals surface area contributed by atoms with Crippen molar-refractivity contribution in [3.63, 3.8) is 0 Å². The second-order valence-corrected chi connectivity index (χ2v) is 5.75. The summed E-state index contributed by atoms with van der Waals surface area (Å²) in [6.07, 6.45) is -3.66. The van der Waals surface area contributed by atoms with Gasteiger partial charge in [0.25, 0.3) is 0 Å². The van der Waals surface area contributed by atoms with E-state index in [-0.39, 0.29) is 16.8 Å². The average molecular weight is 396 g/mol. The standard InChI is InChI=1S/C17H13F5N6/c1-9-12(15(19)28(2)27-9)8-23-26-16-24-13(7-14(25-16)17(20,21)22)10-3-5-11(18)6-4-10/h3-8H,1-2H3,(H,24,25,26). The van der Waals surface area contributed by atoms with Crippen LogP contribution in [0.2, 0.25) is 0 Å². The number of rotatable bonds is 4. The van der Waals surface area contributed by atoms with E-state index in [2.05, 4.69) is 25.6 Å². The molecule has 2 aromatic heterocycles. The second-order valence-electron chi connectivity index (χ2n) is 5.75. The van der Waals surface area contributed by atoms with Gasteiger partial charge in [-0.05, 0) is 37.3 Å². The smallest absolute Gasteiger partial charge is 0.245 e. The molecule has 0 spiro atoms. The molecule has 3 aromatic rings. The molecule has 0 unspecified atom stereocenters. The molecule has 3 rings (SSSR count). The van der Waals surface area contributed by atoms with Gasteiger partial charge in [0, 0.05) is 12.6 Å². The van der Waals surface area contributed by atoms with Crippen molar-refractivity contribution in [2.75, 3.05) is 5.43 Å². The van der Waals surface area contributed by atoms with Gasteiger partial charge in [0.05, 0.1) is 23.2 Å². The minimum atomic E-state index is -4.73. The number of nitrogens with zero attached hydrogens (tertiary/aromatic N) is 5. The van der Waals surface area contributed by atoms with E-state index < -0.39 is 29.6 Å². The molecule has 1 aromatic carbocycles. The number of hydrogen-bond donors (Lipinski definition) is 1. The van der Waals surface area contributed by atoms with Crippen molar-refractivity contribution in [3.05, 3.63) is 59.0 Å². The lowest BCUT2D eigenvalue weighted by Gasteiger charge is -2.10. The highest BCUT2D eigenvalue weighted by Crippen LogP contribution is 2.31. The molecule has 0 fully saturated rings. The molecular formula is C17H13F5N6. The Kier molecular flexibility index (Phi) is 5.08. The Morgan fingerprint density at radius 2 is 1.79 bits per heavy atom. The van der Waals surface area contributed by atoms with Crippen LogP contribution < -0.4 is 5.43 Å². The predicted molar refractivity (Wildman–Crippen MR) is 91.5 cm³/mol. The molecule has 28 heavy (non-hydrogen) atoms. The molecule has 0 radical (unpaired) electrons. The van der Waals surface area contributed by atoms with E-state index in [1.54, 1.807) is 6.92 Å². The number of alkyl halides is 3. The summed E-state index contributed by atoms with van der Waals surface area (Å²) in [6, 6.07) is 5.53. The van der Waals surface area contributed by atoms with E-state index in [0.717, 1.165) is 29.1 Å². The van der Waals surface area contributed by atoms with Crippen molar-refractivity contribution in [2.24, 2.45) is 12.1 Å². The fraction of sp³-hybridized carbons (Fsp3) is 0.176. The molecule has 11 heteroatoms. The number of hydrazone groups is 1. The van der Waals surface area contributed by atoms with Gasteiger partial charge in [0.1, 0.15) is 5.82 Å². The fourth-order valence-electron chi connectivity index (χ4n) is 2.36. The zero-order valence-electron chi connectivity index (χ0n) is 14.6. The maximum Gasteiger partial charge on any atom is 0.433 e. The van der Waals surface area contributed by atoms with Crippen LogP contribution in [0.25, 0.3) is 11.3 Å². The topological polar surface area (TPSA) is 68.0 Å². The third-order valence-electron chi connectivity index (χ3n) is 3.71. The summed E-state index contributed by atoms with van der Waals surface area (Å²) < 4.78 is 67.4. The Morgan fingerprint density at radius 3 is 2.36 bits per heavy atom. The summed E-state index contributed by atoms with van der Waals surface area (Å²) in [7, 11) is 1.40. The van der Waals surface area contributed by atoms with Crippen molar-refractivity contribution >= 4 is 12.2 Å². The number of benzene rings is 1. The van der Waals surface area contributed by atoms with Crippen LogP contribution in [0.5, 0.6) is 0 Å². The number of aromatic nitrogens is 4. The monoisotopic (exact) mass is 396 g/mol. The summed E-state index contributed by atoms with van der Waals surface area (Å²) >= 11 is 0. The maximum atomic E-state index is 13.9. The summed E-state index contributed by atoms with van der Waals surface area (Å²) in [5.74, 6) is -1.64. The summed E-state index contributed by atoms with van der Waals surface area (Å²) in [5.41, 5.74) is 1.65. The molecule has 0 aliphatic carbocycles. The molecule has 0 aliphatic heterocycles. The lowest BCUT2D eigenvalue weighted by molar-refractivity contribution is -0.141. The largest absolute Gasteiger partial charge is 0.433 e. The van der Waals surface area contributed by atoms with Crippen molar-refractivity contribution in [1.82, 2.24) is 19.7 Å². The Bertz CT molecular complexity index is 1020. The van der Waals surface area contributed by atoms with Crippen molar-refractivity contribution in [3.8, 4) is 11.3 Å². The van der Waals surface area contributed by atoms with Crippen LogP contribution in [0.15, 0.2) is 35.4 Å². The molecule has 0 saturated carbocycles. The number of nitrogens with one attached hydrogen (secondary N) is 1. The molecule has 0 amide bonds. The Morgan fingerprint density at radius 1 is 1.11 bits per heavy atom. The highest BCUT2D eigenvalue weighted by Gasteiger charge is 2.33. The normalized spacial score (nSPS) is 12.0. The van der Waals surface area contributed by atoms with E-state index >= 15 is 0 Å². The molecule has 0 bridgehead atoms. The maximum absolute atomic E-state index is 13.9. The van der Waals surface area contributed by atoms with E-state index in [1.165, 1.54) is 19.2 Å². The minimum absolute atomic E-state index is 0.0701. The molecule has 0 atom stereocenters. The zero-order valence-corrected chi connectivity index (χ0v) is 14.6. The van der Waals surface area contributed by atoms with Gasteiger partial charge in [-0.25, -0.2) is 24.5 Å². The summed E-state index contributed by atoms with van der Waals surface area (Å²) in [5, 5.41) is 7.55. The van der Waals surface area contributed by atoms with Crippen LogP contribution in [0.3, 0.4) is 0 Å². The first kappa shape index (κ1) is 19.4. The van der Waals surface area contributed by atoms with E-state index in [4.69, 9.17) is 0 Å². The summed E-state index contributed by atoms with van der Waals surface area (Å²) in [6.45, 7) is 1.55. The molecule has 6 nitrogen and oxygen atoms in total. The van der Waals surface area contributed by atoms with Gasteiger partial charge < -0.3 is 0 Å². The molecule has 146 valence electrons. The Labute approximate surface area is 155 Å². The van der Waals surface area contributed by atoms with Crippen molar-refractivity contribution in [2.45, 2.75) is 13.1 Å². The van der Waals surface area contributed by atoms with Gasteiger partial charge in [0.15, 0.2) is 5.69 Å². The highest BCUT2D eigenvalue weighted by atomic mass is 19.4. The lowest BCUT2D eigenvalue weighted by atomic mass is 10.1. The molecule has 1 N–H and O–H groups in total. The van der Waals surface area contributed by atoms with Gasteiger partial charge in [0.2, 0.25) is 11.9 Å². The third-order valence-corrected chi connectivity index (χ3v) is 3.71. The first-order chi connectivity index (χ1) is 13.1. The van der Waals surface area contributed by atoms with Gasteiger partial charge >= 0.3 is 6.18 Å². The number of aryl methyl sites for hydroxylation is 2. The lowest BCUT2D eigenvalue weighted by Crippen LogP contribution is -2.11. The number of anilines is 1. The first-order valence-corrected chi connectivity index (χ1v) is 7.85. The number of hydrogen-bond acceptors (Lipinski definition) is 5. The van der Waals surface area contributed by atoms with Gasteiger partial charge in [-0.3, -0.25) is 0 Å². The predicted octanol–water partition coefficient (Wildman–Crippen LogP) is 3.93.